The highest BCUT2D eigenvalue weighted by atomic mass is 32.2. The molecule has 0 aliphatic carbocycles. The molecule has 0 saturated heterocycles. The minimum atomic E-state index is -0.291. The van der Waals surface area contributed by atoms with Crippen LogP contribution in [0.4, 0.5) is 0 Å². The van der Waals surface area contributed by atoms with E-state index in [0.29, 0.717) is 23.9 Å². The SMILES string of the molecule is CCN(CC)C(=O)/C(C#N)=C\c1ccc(Sc2nc3ccccc3[nH]2)o1. The van der Waals surface area contributed by atoms with Crippen LogP contribution in [0.3, 0.4) is 0 Å². The number of carbonyl (C=O) groups is 1. The second kappa shape index (κ2) is 7.93. The van der Waals surface area contributed by atoms with E-state index in [2.05, 4.69) is 9.97 Å². The summed E-state index contributed by atoms with van der Waals surface area (Å²) in [6.45, 7) is 4.87. The van der Waals surface area contributed by atoms with Crippen molar-refractivity contribution in [2.24, 2.45) is 0 Å². The molecule has 0 fully saturated rings. The molecule has 0 spiro atoms. The van der Waals surface area contributed by atoms with Gasteiger partial charge in [-0.25, -0.2) is 4.98 Å². The summed E-state index contributed by atoms with van der Waals surface area (Å²) in [5, 5.41) is 10.6. The van der Waals surface area contributed by atoms with Gasteiger partial charge in [0.05, 0.1) is 11.0 Å². The molecule has 0 aliphatic rings. The van der Waals surface area contributed by atoms with Gasteiger partial charge in [0.1, 0.15) is 17.4 Å². The van der Waals surface area contributed by atoms with Gasteiger partial charge in [-0.05, 0) is 49.9 Å². The molecule has 132 valence electrons. The number of nitriles is 1. The van der Waals surface area contributed by atoms with E-state index >= 15 is 0 Å². The van der Waals surface area contributed by atoms with Gasteiger partial charge in [-0.3, -0.25) is 4.79 Å². The lowest BCUT2D eigenvalue weighted by molar-refractivity contribution is -0.126. The molecule has 0 bridgehead atoms. The molecule has 3 rings (SSSR count). The molecule has 0 aliphatic heterocycles. The van der Waals surface area contributed by atoms with Crippen LogP contribution >= 0.6 is 11.8 Å². The van der Waals surface area contributed by atoms with Crippen LogP contribution in [0.1, 0.15) is 19.6 Å². The normalized spacial score (nSPS) is 11.5. The molecule has 1 aromatic carbocycles. The first kappa shape index (κ1) is 17.8. The molecule has 0 radical (unpaired) electrons. The van der Waals surface area contributed by atoms with Gasteiger partial charge < -0.3 is 14.3 Å². The van der Waals surface area contributed by atoms with E-state index in [1.807, 2.05) is 44.2 Å². The molecule has 1 amide bonds. The van der Waals surface area contributed by atoms with Crippen LogP contribution in [0.25, 0.3) is 17.1 Å². The van der Waals surface area contributed by atoms with Crippen LogP contribution in [0.15, 0.2) is 56.6 Å². The predicted molar refractivity (Wildman–Crippen MR) is 100 cm³/mol. The van der Waals surface area contributed by atoms with Crippen LogP contribution in [0.5, 0.6) is 0 Å². The molecular formula is C19H18N4O2S. The Labute approximate surface area is 155 Å². The fraction of sp³-hybridized carbons (Fsp3) is 0.211. The molecule has 6 nitrogen and oxygen atoms in total. The molecule has 3 aromatic rings. The van der Waals surface area contributed by atoms with E-state index < -0.39 is 0 Å². The number of hydrogen-bond acceptors (Lipinski definition) is 5. The van der Waals surface area contributed by atoms with Crippen molar-refractivity contribution in [3.05, 3.63) is 47.7 Å². The van der Waals surface area contributed by atoms with Crippen molar-refractivity contribution in [1.82, 2.24) is 14.9 Å². The van der Waals surface area contributed by atoms with Gasteiger partial charge in [-0.15, -0.1) is 0 Å². The number of furan rings is 1. The second-order valence-electron chi connectivity index (χ2n) is 5.47. The Morgan fingerprint density at radius 3 is 2.77 bits per heavy atom. The first-order valence-electron chi connectivity index (χ1n) is 8.28. The highest BCUT2D eigenvalue weighted by Gasteiger charge is 2.16. The highest BCUT2D eigenvalue weighted by Crippen LogP contribution is 2.29. The Morgan fingerprint density at radius 1 is 1.31 bits per heavy atom. The van der Waals surface area contributed by atoms with Crippen LogP contribution in [-0.2, 0) is 4.79 Å². The number of H-pyrrole nitrogens is 1. The Bertz CT molecular complexity index is 959. The summed E-state index contributed by atoms with van der Waals surface area (Å²) >= 11 is 1.35. The summed E-state index contributed by atoms with van der Waals surface area (Å²) in [6, 6.07) is 13.3. The number of aromatic nitrogens is 2. The lowest BCUT2D eigenvalue weighted by Gasteiger charge is -2.17. The third-order valence-electron chi connectivity index (χ3n) is 3.86. The maximum atomic E-state index is 12.3. The van der Waals surface area contributed by atoms with E-state index in [0.717, 1.165) is 16.2 Å². The van der Waals surface area contributed by atoms with Gasteiger partial charge in [0.2, 0.25) is 0 Å². The Morgan fingerprint density at radius 2 is 2.08 bits per heavy atom. The first-order valence-corrected chi connectivity index (χ1v) is 9.09. The van der Waals surface area contributed by atoms with E-state index in [1.54, 1.807) is 17.0 Å². The number of aromatic amines is 1. The number of fused-ring (bicyclic) bond motifs is 1. The molecule has 1 N–H and O–H groups in total. The standard InChI is InChI=1S/C19H18N4O2S/c1-3-23(4-2)18(24)13(12-20)11-14-9-10-17(25-14)26-19-21-15-7-5-6-8-16(15)22-19/h5-11H,3-4H2,1-2H3,(H,21,22)/b13-11-. The smallest absolute Gasteiger partial charge is 0.264 e. The van der Waals surface area contributed by atoms with Gasteiger partial charge in [0.15, 0.2) is 10.2 Å². The van der Waals surface area contributed by atoms with E-state index in [4.69, 9.17) is 4.42 Å². The molecule has 26 heavy (non-hydrogen) atoms. The van der Waals surface area contributed by atoms with Crippen molar-refractivity contribution in [2.75, 3.05) is 13.1 Å². The Hall–Kier alpha value is -2.98. The zero-order chi connectivity index (χ0) is 18.5. The monoisotopic (exact) mass is 366 g/mol. The number of hydrogen-bond donors (Lipinski definition) is 1. The van der Waals surface area contributed by atoms with Crippen molar-refractivity contribution in [1.29, 1.82) is 5.26 Å². The predicted octanol–water partition coefficient (Wildman–Crippen LogP) is 4.08. The van der Waals surface area contributed by atoms with Crippen molar-refractivity contribution in [3.8, 4) is 6.07 Å². The maximum absolute atomic E-state index is 12.3. The Balaban J connectivity index is 1.78. The fourth-order valence-electron chi connectivity index (χ4n) is 2.51. The fourth-order valence-corrected chi connectivity index (χ4v) is 3.27. The number of para-hydroxylation sites is 2. The topological polar surface area (TPSA) is 85.9 Å². The molecule has 0 atom stereocenters. The van der Waals surface area contributed by atoms with E-state index in [1.165, 1.54) is 17.8 Å². The average molecular weight is 366 g/mol. The van der Waals surface area contributed by atoms with Gasteiger partial charge >= 0.3 is 0 Å². The molecule has 0 unspecified atom stereocenters. The number of imidazole rings is 1. The van der Waals surface area contributed by atoms with E-state index in [-0.39, 0.29) is 11.5 Å². The second-order valence-corrected chi connectivity index (χ2v) is 6.46. The zero-order valence-corrected chi connectivity index (χ0v) is 15.3. The summed E-state index contributed by atoms with van der Waals surface area (Å²) < 4.78 is 5.72. The van der Waals surface area contributed by atoms with E-state index in [9.17, 15) is 10.1 Å². The average Bonchev–Trinajstić information content (AvgIpc) is 3.26. The lowest BCUT2D eigenvalue weighted by atomic mass is 10.2. The Kier molecular flexibility index (Phi) is 5.44. The van der Waals surface area contributed by atoms with Crippen molar-refractivity contribution < 1.29 is 9.21 Å². The van der Waals surface area contributed by atoms with Crippen molar-refractivity contribution >= 4 is 34.8 Å². The van der Waals surface area contributed by atoms with Crippen LogP contribution in [0, 0.1) is 11.3 Å². The summed E-state index contributed by atoms with van der Waals surface area (Å²) in [4.78, 5) is 21.6. The molecule has 7 heteroatoms. The number of nitrogens with zero attached hydrogens (tertiary/aromatic N) is 3. The van der Waals surface area contributed by atoms with Gasteiger partial charge in [-0.2, -0.15) is 5.26 Å². The van der Waals surface area contributed by atoms with Gasteiger partial charge in [-0.1, -0.05) is 12.1 Å². The van der Waals surface area contributed by atoms with Crippen molar-refractivity contribution in [2.45, 2.75) is 24.1 Å². The number of amides is 1. The quantitative estimate of drug-likeness (QED) is 0.525. The van der Waals surface area contributed by atoms with Crippen LogP contribution in [-0.4, -0.2) is 33.9 Å². The summed E-state index contributed by atoms with van der Waals surface area (Å²) in [6.07, 6.45) is 1.48. The van der Waals surface area contributed by atoms with Gasteiger partial charge in [0.25, 0.3) is 5.91 Å². The lowest BCUT2D eigenvalue weighted by Crippen LogP contribution is -2.31. The third-order valence-corrected chi connectivity index (χ3v) is 4.66. The summed E-state index contributed by atoms with van der Waals surface area (Å²) in [5.74, 6) is 0.168. The third kappa shape index (κ3) is 3.81. The minimum absolute atomic E-state index is 0.0586. The number of benzene rings is 1. The van der Waals surface area contributed by atoms with Crippen LogP contribution in [0.2, 0.25) is 0 Å². The number of likely N-dealkylation sites (N-methyl/N-ethyl adjacent to an activating group) is 1. The van der Waals surface area contributed by atoms with Crippen LogP contribution < -0.4 is 0 Å². The highest BCUT2D eigenvalue weighted by molar-refractivity contribution is 7.99. The number of nitrogens with one attached hydrogen (secondary N) is 1. The van der Waals surface area contributed by atoms with Gasteiger partial charge in [0, 0.05) is 19.2 Å². The number of carbonyl (C=O) groups excluding carboxylic acids is 1. The molecule has 2 heterocycles. The maximum Gasteiger partial charge on any atom is 0.264 e. The first-order chi connectivity index (χ1) is 12.6. The largest absolute Gasteiger partial charge is 0.450 e. The molecule has 2 aromatic heterocycles. The molecule has 0 saturated carbocycles. The van der Waals surface area contributed by atoms with Crippen molar-refractivity contribution in [3.63, 3.8) is 0 Å². The number of rotatable bonds is 6. The molecular weight excluding hydrogens is 348 g/mol. The summed E-state index contributed by atoms with van der Waals surface area (Å²) in [7, 11) is 0. The zero-order valence-electron chi connectivity index (χ0n) is 14.5. The minimum Gasteiger partial charge on any atom is -0.450 e. The summed E-state index contributed by atoms with van der Waals surface area (Å²) in [5.41, 5.74) is 1.90.